The van der Waals surface area contributed by atoms with E-state index in [4.69, 9.17) is 4.74 Å². The van der Waals surface area contributed by atoms with Gasteiger partial charge in [-0.25, -0.2) is 4.68 Å². The molecular weight excluding hydrogens is 476 g/mol. The van der Waals surface area contributed by atoms with Crippen molar-refractivity contribution >= 4 is 10.9 Å². The minimum Gasteiger partial charge on any atom is -0.496 e. The Bertz CT molecular complexity index is 1450. The van der Waals surface area contributed by atoms with Crippen LogP contribution in [0.15, 0.2) is 47.3 Å². The molecule has 1 aliphatic carbocycles. The lowest BCUT2D eigenvalue weighted by Crippen LogP contribution is -2.33. The molecule has 1 atom stereocenters. The number of hydrogen-bond donors (Lipinski definition) is 1. The Kier molecular flexibility index (Phi) is 7.88. The zero-order valence-corrected chi connectivity index (χ0v) is 22.9. The van der Waals surface area contributed by atoms with E-state index < -0.39 is 0 Å². The van der Waals surface area contributed by atoms with Gasteiger partial charge >= 0.3 is 0 Å². The molecule has 1 fully saturated rings. The summed E-state index contributed by atoms with van der Waals surface area (Å²) in [6, 6.07) is 14.6. The molecule has 2 heterocycles. The summed E-state index contributed by atoms with van der Waals surface area (Å²) in [5.41, 5.74) is 4.86. The highest BCUT2D eigenvalue weighted by atomic mass is 16.5. The number of para-hydroxylation sites is 1. The number of benzene rings is 2. The lowest BCUT2D eigenvalue weighted by Gasteiger charge is -2.32. The van der Waals surface area contributed by atoms with Crippen molar-refractivity contribution in [3.63, 3.8) is 0 Å². The molecule has 1 saturated carbocycles. The van der Waals surface area contributed by atoms with E-state index in [0.29, 0.717) is 19.1 Å². The van der Waals surface area contributed by atoms with E-state index in [2.05, 4.69) is 68.2 Å². The number of fused-ring (bicyclic) bond motifs is 1. The molecule has 38 heavy (non-hydrogen) atoms. The number of pyridine rings is 1. The highest BCUT2D eigenvalue weighted by Gasteiger charge is 2.29. The van der Waals surface area contributed by atoms with Crippen LogP contribution in [0.2, 0.25) is 0 Å². The molecular formula is C30H38N6O2. The van der Waals surface area contributed by atoms with Crippen LogP contribution in [0.25, 0.3) is 10.9 Å². The second-order valence-electron chi connectivity index (χ2n) is 10.5. The van der Waals surface area contributed by atoms with Gasteiger partial charge in [0.1, 0.15) is 5.75 Å². The minimum absolute atomic E-state index is 0.0575. The summed E-state index contributed by atoms with van der Waals surface area (Å²) in [6.07, 6.45) is 6.70. The van der Waals surface area contributed by atoms with Crippen LogP contribution in [0.5, 0.6) is 5.75 Å². The van der Waals surface area contributed by atoms with Gasteiger partial charge in [0.25, 0.3) is 5.56 Å². The number of tetrazole rings is 1. The molecule has 0 unspecified atom stereocenters. The van der Waals surface area contributed by atoms with Crippen molar-refractivity contribution in [2.45, 2.75) is 84.5 Å². The summed E-state index contributed by atoms with van der Waals surface area (Å²) in [7, 11) is 1.70. The van der Waals surface area contributed by atoms with Crippen LogP contribution in [0.1, 0.15) is 85.6 Å². The summed E-state index contributed by atoms with van der Waals surface area (Å²) in [4.78, 5) is 18.9. The van der Waals surface area contributed by atoms with Crippen LogP contribution >= 0.6 is 0 Å². The fraction of sp³-hybridized carbons (Fsp3) is 0.467. The van der Waals surface area contributed by atoms with Gasteiger partial charge in [0, 0.05) is 29.6 Å². The first-order valence-corrected chi connectivity index (χ1v) is 13.8. The van der Waals surface area contributed by atoms with Crippen LogP contribution < -0.4 is 10.3 Å². The molecule has 0 amide bonds. The summed E-state index contributed by atoms with van der Waals surface area (Å²) in [5, 5.41) is 14.2. The second-order valence-corrected chi connectivity index (χ2v) is 10.5. The number of hydrogen-bond acceptors (Lipinski definition) is 6. The van der Waals surface area contributed by atoms with Crippen molar-refractivity contribution in [3.8, 4) is 5.75 Å². The van der Waals surface area contributed by atoms with Crippen molar-refractivity contribution in [2.24, 2.45) is 0 Å². The maximum absolute atomic E-state index is 13.4. The van der Waals surface area contributed by atoms with Gasteiger partial charge in [-0.1, -0.05) is 56.5 Å². The third-order valence-corrected chi connectivity index (χ3v) is 8.02. The van der Waals surface area contributed by atoms with Crippen LogP contribution in [-0.2, 0) is 13.1 Å². The molecule has 200 valence electrons. The topological polar surface area (TPSA) is 88.9 Å². The average molecular weight is 515 g/mol. The van der Waals surface area contributed by atoms with Gasteiger partial charge in [-0.15, -0.1) is 5.10 Å². The van der Waals surface area contributed by atoms with Gasteiger partial charge in [-0.3, -0.25) is 9.69 Å². The largest absolute Gasteiger partial charge is 0.496 e. The van der Waals surface area contributed by atoms with Crippen molar-refractivity contribution < 1.29 is 4.74 Å². The number of rotatable bonds is 9. The molecule has 2 aromatic heterocycles. The van der Waals surface area contributed by atoms with Crippen molar-refractivity contribution in [3.05, 3.63) is 80.9 Å². The maximum Gasteiger partial charge on any atom is 0.252 e. The molecule has 1 aliphatic rings. The van der Waals surface area contributed by atoms with Gasteiger partial charge in [0.2, 0.25) is 0 Å². The van der Waals surface area contributed by atoms with E-state index in [0.717, 1.165) is 64.0 Å². The summed E-state index contributed by atoms with van der Waals surface area (Å²) < 4.78 is 7.75. The van der Waals surface area contributed by atoms with Gasteiger partial charge in [-0.2, -0.15) is 0 Å². The lowest BCUT2D eigenvalue weighted by molar-refractivity contribution is 0.153. The fourth-order valence-electron chi connectivity index (χ4n) is 5.89. The third-order valence-electron chi connectivity index (χ3n) is 8.02. The van der Waals surface area contributed by atoms with Gasteiger partial charge < -0.3 is 9.72 Å². The number of nitrogens with zero attached hydrogens (tertiary/aromatic N) is 5. The van der Waals surface area contributed by atoms with Crippen LogP contribution in [0.4, 0.5) is 0 Å². The second kappa shape index (κ2) is 11.5. The molecule has 0 radical (unpaired) electrons. The van der Waals surface area contributed by atoms with E-state index in [1.165, 1.54) is 19.3 Å². The molecule has 2 aromatic carbocycles. The number of aromatic nitrogens is 5. The third kappa shape index (κ3) is 5.23. The smallest absolute Gasteiger partial charge is 0.252 e. The zero-order valence-electron chi connectivity index (χ0n) is 22.9. The van der Waals surface area contributed by atoms with Crippen molar-refractivity contribution in [2.75, 3.05) is 7.11 Å². The highest BCUT2D eigenvalue weighted by molar-refractivity contribution is 5.85. The van der Waals surface area contributed by atoms with Crippen LogP contribution in [0.3, 0.4) is 0 Å². The standard InChI is InChI=1S/C30H38N6O2/c1-5-26(29-32-33-34-36(29)24-12-7-6-8-13-24)35(18-22-11-9-10-14-27(22)38-4)19-23-17-25-20(2)15-16-21(3)28(25)31-30(23)37/h9-11,14-17,24,26H,5-8,12-13,18-19H2,1-4H3,(H,31,37)/t26-/m1/s1. The molecule has 5 rings (SSSR count). The fourth-order valence-corrected chi connectivity index (χ4v) is 5.89. The lowest BCUT2D eigenvalue weighted by atomic mass is 9.95. The van der Waals surface area contributed by atoms with E-state index >= 15 is 0 Å². The van der Waals surface area contributed by atoms with Crippen LogP contribution in [-0.4, -0.2) is 37.2 Å². The van der Waals surface area contributed by atoms with Crippen LogP contribution in [0, 0.1) is 13.8 Å². The molecule has 0 bridgehead atoms. The Labute approximate surface area is 224 Å². The van der Waals surface area contributed by atoms with Gasteiger partial charge in [-0.05, 0) is 66.8 Å². The highest BCUT2D eigenvalue weighted by Crippen LogP contribution is 2.34. The predicted octanol–water partition coefficient (Wildman–Crippen LogP) is 5.80. The minimum atomic E-state index is -0.0643. The number of aromatic amines is 1. The molecule has 0 spiro atoms. The summed E-state index contributed by atoms with van der Waals surface area (Å²) >= 11 is 0. The number of methoxy groups -OCH3 is 1. The Morgan fingerprint density at radius 1 is 1.05 bits per heavy atom. The number of nitrogens with one attached hydrogen (secondary N) is 1. The molecule has 0 saturated heterocycles. The maximum atomic E-state index is 13.4. The predicted molar refractivity (Wildman–Crippen MR) is 149 cm³/mol. The number of H-pyrrole nitrogens is 1. The number of ether oxygens (including phenoxy) is 1. The number of aryl methyl sites for hydroxylation is 2. The van der Waals surface area contributed by atoms with Gasteiger partial charge in [0.05, 0.1) is 24.7 Å². The summed E-state index contributed by atoms with van der Waals surface area (Å²) in [6.45, 7) is 7.35. The van der Waals surface area contributed by atoms with Gasteiger partial charge in [0.15, 0.2) is 5.82 Å². The normalized spacial score (nSPS) is 15.3. The first-order chi connectivity index (χ1) is 18.5. The summed E-state index contributed by atoms with van der Waals surface area (Å²) in [5.74, 6) is 1.71. The van der Waals surface area contributed by atoms with E-state index in [-0.39, 0.29) is 11.6 Å². The Morgan fingerprint density at radius 3 is 2.55 bits per heavy atom. The molecule has 8 nitrogen and oxygen atoms in total. The first kappa shape index (κ1) is 26.1. The molecule has 1 N–H and O–H groups in total. The van der Waals surface area contributed by atoms with E-state index in [1.54, 1.807) is 7.11 Å². The Morgan fingerprint density at radius 2 is 1.79 bits per heavy atom. The monoisotopic (exact) mass is 514 g/mol. The molecule has 4 aromatic rings. The van der Waals surface area contributed by atoms with E-state index in [1.807, 2.05) is 25.1 Å². The Balaban J connectivity index is 1.57. The van der Waals surface area contributed by atoms with Crippen molar-refractivity contribution in [1.29, 1.82) is 0 Å². The first-order valence-electron chi connectivity index (χ1n) is 13.8. The van der Waals surface area contributed by atoms with Crippen molar-refractivity contribution in [1.82, 2.24) is 30.1 Å². The zero-order chi connectivity index (χ0) is 26.6. The quantitative estimate of drug-likeness (QED) is 0.304. The average Bonchev–Trinajstić information content (AvgIpc) is 3.42. The van der Waals surface area contributed by atoms with E-state index in [9.17, 15) is 4.79 Å². The SMILES string of the molecule is CC[C@H](c1nnnn1C1CCCCC1)N(Cc1ccccc1OC)Cc1cc2c(C)ccc(C)c2[nH]c1=O. The molecule has 8 heteroatoms. The Hall–Kier alpha value is -3.52. The molecule has 0 aliphatic heterocycles.